The molecule has 36 heavy (non-hydrogen) atoms. The summed E-state index contributed by atoms with van der Waals surface area (Å²) in [6.45, 7) is 5.86. The van der Waals surface area contributed by atoms with E-state index >= 15 is 0 Å². The minimum atomic E-state index is -4.43. The molecule has 2 N–H and O–H groups in total. The molecule has 10 heteroatoms. The Morgan fingerprint density at radius 1 is 1.11 bits per heavy atom. The monoisotopic (exact) mass is 501 g/mol. The Balaban J connectivity index is 1.56. The van der Waals surface area contributed by atoms with Gasteiger partial charge in [0, 0.05) is 38.2 Å². The highest BCUT2D eigenvalue weighted by molar-refractivity contribution is 5.90. The molecular formula is C26H30F3N5O2. The molecule has 0 aliphatic carbocycles. The first-order chi connectivity index (χ1) is 17.2. The summed E-state index contributed by atoms with van der Waals surface area (Å²) >= 11 is 0. The highest BCUT2D eigenvalue weighted by Crippen LogP contribution is 2.34. The van der Waals surface area contributed by atoms with Crippen molar-refractivity contribution < 1.29 is 22.7 Å². The summed E-state index contributed by atoms with van der Waals surface area (Å²) in [7, 11) is 1.60. The van der Waals surface area contributed by atoms with Gasteiger partial charge in [-0.05, 0) is 37.6 Å². The molecule has 192 valence electrons. The summed E-state index contributed by atoms with van der Waals surface area (Å²) in [5.74, 6) is 0.234. The Bertz CT molecular complexity index is 1200. The number of benzene rings is 2. The predicted octanol–water partition coefficient (Wildman–Crippen LogP) is 4.74. The zero-order valence-electron chi connectivity index (χ0n) is 20.5. The summed E-state index contributed by atoms with van der Waals surface area (Å²) < 4.78 is 46.9. The van der Waals surface area contributed by atoms with Gasteiger partial charge in [0.1, 0.15) is 5.82 Å². The van der Waals surface area contributed by atoms with Crippen LogP contribution in [0.4, 0.5) is 23.8 Å². The van der Waals surface area contributed by atoms with E-state index in [1.807, 2.05) is 44.2 Å². The second-order valence-electron chi connectivity index (χ2n) is 8.99. The van der Waals surface area contributed by atoms with E-state index in [0.717, 1.165) is 23.0 Å². The van der Waals surface area contributed by atoms with Crippen molar-refractivity contribution in [2.24, 2.45) is 0 Å². The Hall–Kier alpha value is -3.37. The van der Waals surface area contributed by atoms with Crippen LogP contribution in [-0.4, -0.2) is 60.1 Å². The quantitative estimate of drug-likeness (QED) is 0.491. The van der Waals surface area contributed by atoms with Gasteiger partial charge in [0.15, 0.2) is 0 Å². The first-order valence-electron chi connectivity index (χ1n) is 11.7. The fourth-order valence-corrected chi connectivity index (χ4v) is 4.54. The molecule has 2 aromatic carbocycles. The van der Waals surface area contributed by atoms with Gasteiger partial charge in [-0.1, -0.05) is 36.4 Å². The molecule has 2 amide bonds. The van der Waals surface area contributed by atoms with Crippen molar-refractivity contribution in [2.75, 3.05) is 38.7 Å². The maximum absolute atomic E-state index is 13.4. The van der Waals surface area contributed by atoms with Crippen LogP contribution in [0.5, 0.6) is 0 Å². The number of rotatable bonds is 7. The zero-order chi connectivity index (χ0) is 25.9. The van der Waals surface area contributed by atoms with E-state index in [1.54, 1.807) is 17.9 Å². The minimum absolute atomic E-state index is 0.309. The number of aromatic nitrogens is 2. The number of anilines is 1. The Morgan fingerprint density at radius 2 is 1.86 bits per heavy atom. The first-order valence-corrected chi connectivity index (χ1v) is 11.7. The van der Waals surface area contributed by atoms with Crippen LogP contribution in [0.2, 0.25) is 0 Å². The molecule has 4 rings (SSSR count). The predicted molar refractivity (Wildman–Crippen MR) is 131 cm³/mol. The molecule has 2 heterocycles. The minimum Gasteiger partial charge on any atom is -0.383 e. The van der Waals surface area contributed by atoms with Crippen molar-refractivity contribution in [3.05, 3.63) is 77.0 Å². The van der Waals surface area contributed by atoms with Crippen molar-refractivity contribution in [1.82, 2.24) is 20.0 Å². The van der Waals surface area contributed by atoms with E-state index in [0.29, 0.717) is 37.6 Å². The fraction of sp³-hybridized carbons (Fsp3) is 0.385. The number of carbonyl (C=O) groups excluding carboxylic acids is 1. The lowest BCUT2D eigenvalue weighted by Gasteiger charge is -2.22. The summed E-state index contributed by atoms with van der Waals surface area (Å²) in [5.41, 5.74) is 2.25. The average molecular weight is 502 g/mol. The van der Waals surface area contributed by atoms with E-state index in [-0.39, 0.29) is 12.0 Å². The van der Waals surface area contributed by atoms with Crippen molar-refractivity contribution in [3.8, 4) is 5.69 Å². The third-order valence-electron chi connectivity index (χ3n) is 6.56. The number of likely N-dealkylation sites (tertiary alicyclic amines) is 1. The van der Waals surface area contributed by atoms with Crippen molar-refractivity contribution in [2.45, 2.75) is 32.0 Å². The Morgan fingerprint density at radius 3 is 2.56 bits per heavy atom. The highest BCUT2D eigenvalue weighted by atomic mass is 19.4. The van der Waals surface area contributed by atoms with Crippen molar-refractivity contribution >= 4 is 11.8 Å². The Labute approximate surface area is 208 Å². The summed E-state index contributed by atoms with van der Waals surface area (Å²) in [6.07, 6.45) is -4.43. The molecule has 0 radical (unpaired) electrons. The van der Waals surface area contributed by atoms with Gasteiger partial charge in [0.25, 0.3) is 0 Å². The number of carbonyl (C=O) groups is 1. The van der Waals surface area contributed by atoms with Gasteiger partial charge >= 0.3 is 12.2 Å². The summed E-state index contributed by atoms with van der Waals surface area (Å²) in [6, 6.07) is 14.0. The van der Waals surface area contributed by atoms with E-state index in [1.165, 1.54) is 12.1 Å². The normalized spacial score (nSPS) is 18.4. The van der Waals surface area contributed by atoms with E-state index in [2.05, 4.69) is 20.6 Å². The SMILES string of the molecule is COCCN1CC(c2cccc(C(F)(F)F)c2)[C@H](NC(=O)Nc2c(C)c(C)nn2-c2ccccc2)C1. The molecule has 1 aliphatic heterocycles. The van der Waals surface area contributed by atoms with Gasteiger partial charge in [0.2, 0.25) is 0 Å². The number of alkyl halides is 3. The van der Waals surface area contributed by atoms with Gasteiger partial charge in [0.05, 0.1) is 29.6 Å². The number of aryl methyl sites for hydroxylation is 1. The average Bonchev–Trinajstić information content (AvgIpc) is 3.38. The largest absolute Gasteiger partial charge is 0.416 e. The number of hydrogen-bond acceptors (Lipinski definition) is 4. The fourth-order valence-electron chi connectivity index (χ4n) is 4.54. The van der Waals surface area contributed by atoms with E-state index in [9.17, 15) is 18.0 Å². The molecule has 1 fully saturated rings. The number of methoxy groups -OCH3 is 1. The smallest absolute Gasteiger partial charge is 0.383 e. The number of halogens is 3. The van der Waals surface area contributed by atoms with Gasteiger partial charge in [-0.2, -0.15) is 18.3 Å². The number of para-hydroxylation sites is 1. The first kappa shape index (κ1) is 25.7. The van der Waals surface area contributed by atoms with Crippen molar-refractivity contribution in [1.29, 1.82) is 0 Å². The maximum Gasteiger partial charge on any atom is 0.416 e. The molecule has 0 bridgehead atoms. The Kier molecular flexibility index (Phi) is 7.65. The van der Waals surface area contributed by atoms with E-state index < -0.39 is 17.8 Å². The van der Waals surface area contributed by atoms with Gasteiger partial charge in [-0.25, -0.2) is 9.48 Å². The summed E-state index contributed by atoms with van der Waals surface area (Å²) in [5, 5.41) is 10.5. The molecule has 1 aromatic heterocycles. The number of amides is 2. The molecule has 1 aliphatic rings. The van der Waals surface area contributed by atoms with E-state index in [4.69, 9.17) is 4.74 Å². The lowest BCUT2D eigenvalue weighted by Crippen LogP contribution is -2.42. The number of hydrogen-bond donors (Lipinski definition) is 2. The van der Waals surface area contributed by atoms with Crippen LogP contribution >= 0.6 is 0 Å². The molecule has 0 saturated carbocycles. The summed E-state index contributed by atoms with van der Waals surface area (Å²) in [4.78, 5) is 15.2. The maximum atomic E-state index is 13.4. The standard InChI is InChI=1S/C26H30F3N5O2/c1-17-18(2)32-34(21-10-5-4-6-11-21)24(17)31-25(35)30-23-16-33(12-13-36-3)15-22(23)19-8-7-9-20(14-19)26(27,28)29/h4-11,14,22-23H,12-13,15-16H2,1-3H3,(H2,30,31,35)/t22?,23-/m1/s1. The molecule has 3 aromatic rings. The third kappa shape index (κ3) is 5.71. The van der Waals surface area contributed by atoms with Crippen LogP contribution in [-0.2, 0) is 10.9 Å². The topological polar surface area (TPSA) is 71.4 Å². The van der Waals surface area contributed by atoms with Crippen LogP contribution < -0.4 is 10.6 Å². The van der Waals surface area contributed by atoms with Gasteiger partial charge < -0.3 is 10.1 Å². The van der Waals surface area contributed by atoms with Crippen LogP contribution in [0.3, 0.4) is 0 Å². The van der Waals surface area contributed by atoms with Gasteiger partial charge in [-0.15, -0.1) is 0 Å². The van der Waals surface area contributed by atoms with Crippen LogP contribution in [0.25, 0.3) is 5.69 Å². The molecule has 0 spiro atoms. The lowest BCUT2D eigenvalue weighted by atomic mass is 9.93. The zero-order valence-corrected chi connectivity index (χ0v) is 20.5. The van der Waals surface area contributed by atoms with Crippen LogP contribution in [0.1, 0.15) is 28.3 Å². The van der Waals surface area contributed by atoms with Crippen LogP contribution in [0, 0.1) is 13.8 Å². The number of urea groups is 1. The molecule has 1 unspecified atom stereocenters. The second kappa shape index (κ2) is 10.7. The molecular weight excluding hydrogens is 471 g/mol. The lowest BCUT2D eigenvalue weighted by molar-refractivity contribution is -0.137. The number of ether oxygens (including phenoxy) is 1. The highest BCUT2D eigenvalue weighted by Gasteiger charge is 2.37. The molecule has 1 saturated heterocycles. The van der Waals surface area contributed by atoms with Crippen molar-refractivity contribution in [3.63, 3.8) is 0 Å². The number of nitrogens with one attached hydrogen (secondary N) is 2. The molecule has 7 nitrogen and oxygen atoms in total. The number of nitrogens with zero attached hydrogens (tertiary/aromatic N) is 3. The third-order valence-corrected chi connectivity index (χ3v) is 6.56. The molecule has 2 atom stereocenters. The van der Waals surface area contributed by atoms with Gasteiger partial charge in [-0.3, -0.25) is 10.2 Å². The van der Waals surface area contributed by atoms with Crippen LogP contribution in [0.15, 0.2) is 54.6 Å². The second-order valence-corrected chi connectivity index (χ2v) is 8.99.